The fourth-order valence-electron chi connectivity index (χ4n) is 2.89. The van der Waals surface area contributed by atoms with E-state index in [0.717, 1.165) is 29.3 Å². The third-order valence-electron chi connectivity index (χ3n) is 4.78. The van der Waals surface area contributed by atoms with Crippen molar-refractivity contribution < 1.29 is 19.1 Å². The van der Waals surface area contributed by atoms with Crippen LogP contribution in [0.2, 0.25) is 5.02 Å². The Labute approximate surface area is 186 Å². The van der Waals surface area contributed by atoms with Crippen LogP contribution in [-0.4, -0.2) is 29.3 Å². The summed E-state index contributed by atoms with van der Waals surface area (Å²) in [6, 6.07) is 11.2. The van der Waals surface area contributed by atoms with Crippen LogP contribution in [-0.2, 0) is 11.3 Å². The van der Waals surface area contributed by atoms with Crippen molar-refractivity contribution in [3.05, 3.63) is 63.0 Å². The number of benzene rings is 2. The number of carbonyl (C=O) groups excluding carboxylic acids is 2. The minimum atomic E-state index is -0.319. The molecule has 0 aromatic heterocycles. The molecule has 0 N–H and O–H groups in total. The highest BCUT2D eigenvalue weighted by atomic mass is 35.5. The average Bonchev–Trinajstić information content (AvgIpc) is 2.98. The zero-order valence-electron chi connectivity index (χ0n) is 17.4. The first-order chi connectivity index (χ1) is 14.3. The minimum absolute atomic E-state index is 0.0134. The SMILES string of the molecule is CCC(C)Oc1c(Cl)cc(C=C2SC(=O)N(Cc3ccc(C)cc3)C2=O)cc1OC. The van der Waals surface area contributed by atoms with Crippen molar-refractivity contribution >= 4 is 40.6 Å². The Kier molecular flexibility index (Phi) is 7.10. The zero-order chi connectivity index (χ0) is 21.8. The summed E-state index contributed by atoms with van der Waals surface area (Å²) in [5.41, 5.74) is 2.69. The zero-order valence-corrected chi connectivity index (χ0v) is 19.0. The molecule has 0 bridgehead atoms. The molecule has 7 heteroatoms. The van der Waals surface area contributed by atoms with E-state index in [1.54, 1.807) is 18.2 Å². The third-order valence-corrected chi connectivity index (χ3v) is 5.97. The molecule has 3 rings (SSSR count). The average molecular weight is 446 g/mol. The molecule has 1 heterocycles. The van der Waals surface area contributed by atoms with Gasteiger partial charge in [-0.15, -0.1) is 0 Å². The van der Waals surface area contributed by atoms with E-state index in [2.05, 4.69) is 0 Å². The van der Waals surface area contributed by atoms with Crippen molar-refractivity contribution in [1.82, 2.24) is 4.90 Å². The highest BCUT2D eigenvalue weighted by Gasteiger charge is 2.35. The highest BCUT2D eigenvalue weighted by Crippen LogP contribution is 2.39. The van der Waals surface area contributed by atoms with Crippen molar-refractivity contribution in [2.75, 3.05) is 7.11 Å². The summed E-state index contributed by atoms with van der Waals surface area (Å²) in [4.78, 5) is 26.8. The topological polar surface area (TPSA) is 55.8 Å². The van der Waals surface area contributed by atoms with Crippen molar-refractivity contribution in [3.63, 3.8) is 0 Å². The van der Waals surface area contributed by atoms with Gasteiger partial charge in [0.1, 0.15) is 0 Å². The molecular weight excluding hydrogens is 422 g/mol. The molecule has 2 amide bonds. The number of amides is 2. The fraction of sp³-hybridized carbons (Fsp3) is 0.304. The molecule has 0 aliphatic carbocycles. The Morgan fingerprint density at radius 3 is 2.53 bits per heavy atom. The number of carbonyl (C=O) groups is 2. The lowest BCUT2D eigenvalue weighted by Gasteiger charge is -2.17. The van der Waals surface area contributed by atoms with E-state index in [-0.39, 0.29) is 23.8 Å². The van der Waals surface area contributed by atoms with Gasteiger partial charge in [0.05, 0.1) is 29.7 Å². The van der Waals surface area contributed by atoms with Crippen LogP contribution < -0.4 is 9.47 Å². The molecule has 30 heavy (non-hydrogen) atoms. The van der Waals surface area contributed by atoms with Crippen molar-refractivity contribution in [2.24, 2.45) is 0 Å². The first kappa shape index (κ1) is 22.2. The normalized spacial score (nSPS) is 16.3. The summed E-state index contributed by atoms with van der Waals surface area (Å²) in [6.07, 6.45) is 2.47. The summed E-state index contributed by atoms with van der Waals surface area (Å²) >= 11 is 7.33. The molecule has 0 radical (unpaired) electrons. The fourth-order valence-corrected chi connectivity index (χ4v) is 3.99. The summed E-state index contributed by atoms with van der Waals surface area (Å²) < 4.78 is 11.3. The standard InChI is InChI=1S/C23H24ClNO4S/c1-5-15(3)29-21-18(24)10-17(11-19(21)28-4)12-20-22(26)25(23(27)30-20)13-16-8-6-14(2)7-9-16/h6-12,15H,5,13H2,1-4H3. The number of thioether (sulfide) groups is 1. The van der Waals surface area contributed by atoms with Gasteiger partial charge >= 0.3 is 0 Å². The van der Waals surface area contributed by atoms with Crippen molar-refractivity contribution in [2.45, 2.75) is 39.8 Å². The molecule has 1 unspecified atom stereocenters. The number of hydrogen-bond acceptors (Lipinski definition) is 5. The third kappa shape index (κ3) is 4.99. The smallest absolute Gasteiger partial charge is 0.293 e. The van der Waals surface area contributed by atoms with Crippen LogP contribution in [0.25, 0.3) is 6.08 Å². The van der Waals surface area contributed by atoms with E-state index in [1.807, 2.05) is 45.0 Å². The Morgan fingerprint density at radius 1 is 1.20 bits per heavy atom. The largest absolute Gasteiger partial charge is 0.493 e. The molecule has 0 saturated carbocycles. The number of hydrogen-bond donors (Lipinski definition) is 0. The summed E-state index contributed by atoms with van der Waals surface area (Å²) in [6.45, 7) is 6.21. The Hall–Kier alpha value is -2.44. The maximum Gasteiger partial charge on any atom is 0.293 e. The van der Waals surface area contributed by atoms with Gasteiger partial charge < -0.3 is 9.47 Å². The lowest BCUT2D eigenvalue weighted by atomic mass is 10.1. The van der Waals surface area contributed by atoms with Gasteiger partial charge in [-0.1, -0.05) is 48.4 Å². The lowest BCUT2D eigenvalue weighted by molar-refractivity contribution is -0.123. The molecule has 158 valence electrons. The molecule has 1 aliphatic heterocycles. The summed E-state index contributed by atoms with van der Waals surface area (Å²) in [5, 5.41) is 0.0985. The number of rotatable bonds is 7. The van der Waals surface area contributed by atoms with Gasteiger partial charge in [-0.3, -0.25) is 14.5 Å². The van der Waals surface area contributed by atoms with E-state index in [9.17, 15) is 9.59 Å². The first-order valence-electron chi connectivity index (χ1n) is 9.67. The van der Waals surface area contributed by atoms with Crippen LogP contribution in [0.3, 0.4) is 0 Å². The number of aryl methyl sites for hydroxylation is 1. The van der Waals surface area contributed by atoms with E-state index in [0.29, 0.717) is 27.0 Å². The highest BCUT2D eigenvalue weighted by molar-refractivity contribution is 8.18. The van der Waals surface area contributed by atoms with Crippen molar-refractivity contribution in [1.29, 1.82) is 0 Å². The van der Waals surface area contributed by atoms with Gasteiger partial charge in [0.15, 0.2) is 11.5 Å². The van der Waals surface area contributed by atoms with E-state index in [4.69, 9.17) is 21.1 Å². The second-order valence-corrected chi connectivity index (χ2v) is 8.52. The van der Waals surface area contributed by atoms with Gasteiger partial charge in [-0.25, -0.2) is 0 Å². The van der Waals surface area contributed by atoms with Crippen molar-refractivity contribution in [3.8, 4) is 11.5 Å². The molecule has 1 atom stereocenters. The molecule has 0 spiro atoms. The van der Waals surface area contributed by atoms with Crippen LogP contribution >= 0.6 is 23.4 Å². The molecule has 2 aromatic carbocycles. The monoisotopic (exact) mass is 445 g/mol. The number of halogens is 1. The maximum absolute atomic E-state index is 12.8. The van der Waals surface area contributed by atoms with Crippen LogP contribution in [0.15, 0.2) is 41.3 Å². The van der Waals surface area contributed by atoms with Crippen LogP contribution in [0.1, 0.15) is 37.0 Å². The van der Waals surface area contributed by atoms with Gasteiger partial charge in [-0.2, -0.15) is 0 Å². The molecule has 1 saturated heterocycles. The number of methoxy groups -OCH3 is 1. The molecule has 1 aliphatic rings. The second kappa shape index (κ2) is 9.58. The lowest BCUT2D eigenvalue weighted by Crippen LogP contribution is -2.27. The van der Waals surface area contributed by atoms with Gasteiger partial charge in [0, 0.05) is 0 Å². The molecule has 2 aromatic rings. The Morgan fingerprint density at radius 2 is 1.90 bits per heavy atom. The number of ether oxygens (including phenoxy) is 2. The molecule has 1 fully saturated rings. The van der Waals surface area contributed by atoms with Crippen LogP contribution in [0, 0.1) is 6.92 Å². The number of imide groups is 1. The Bertz CT molecular complexity index is 987. The van der Waals surface area contributed by atoms with Gasteiger partial charge in [0.25, 0.3) is 11.1 Å². The minimum Gasteiger partial charge on any atom is -0.493 e. The summed E-state index contributed by atoms with van der Waals surface area (Å²) in [5.74, 6) is 0.631. The molecule has 5 nitrogen and oxygen atoms in total. The predicted octanol–water partition coefficient (Wildman–Crippen LogP) is 6.07. The first-order valence-corrected chi connectivity index (χ1v) is 10.9. The van der Waals surface area contributed by atoms with E-state index >= 15 is 0 Å². The van der Waals surface area contributed by atoms with Crippen LogP contribution in [0.5, 0.6) is 11.5 Å². The predicted molar refractivity (Wildman–Crippen MR) is 121 cm³/mol. The molecular formula is C23H24ClNO4S. The van der Waals surface area contributed by atoms with E-state index in [1.165, 1.54) is 12.0 Å². The summed E-state index contributed by atoms with van der Waals surface area (Å²) in [7, 11) is 1.54. The van der Waals surface area contributed by atoms with Crippen LogP contribution in [0.4, 0.5) is 4.79 Å². The Balaban J connectivity index is 1.84. The second-order valence-electron chi connectivity index (χ2n) is 7.12. The maximum atomic E-state index is 12.8. The number of nitrogens with zero attached hydrogens (tertiary/aromatic N) is 1. The van der Waals surface area contributed by atoms with Gasteiger partial charge in [-0.05, 0) is 61.4 Å². The van der Waals surface area contributed by atoms with Gasteiger partial charge in [0.2, 0.25) is 0 Å². The quantitative estimate of drug-likeness (QED) is 0.484. The van der Waals surface area contributed by atoms with E-state index < -0.39 is 0 Å².